The Morgan fingerprint density at radius 3 is 2.95 bits per heavy atom. The van der Waals surface area contributed by atoms with E-state index in [9.17, 15) is 9.59 Å². The molecule has 1 amide bonds. The fourth-order valence-corrected chi connectivity index (χ4v) is 1.58. The lowest BCUT2D eigenvalue weighted by atomic mass is 10.3. The van der Waals surface area contributed by atoms with Gasteiger partial charge < -0.3 is 21.2 Å². The number of carbonyl (C=O) groups is 1. The van der Waals surface area contributed by atoms with E-state index in [1.165, 1.54) is 29.1 Å². The third-order valence-electron chi connectivity index (χ3n) is 2.57. The zero-order chi connectivity index (χ0) is 14.7. The molecule has 2 aromatic heterocycles. The molecule has 0 bridgehead atoms. The van der Waals surface area contributed by atoms with E-state index < -0.39 is 5.91 Å². The number of rotatable bonds is 3. The van der Waals surface area contributed by atoms with Gasteiger partial charge in [-0.1, -0.05) is 11.2 Å². The molecular formula is C11H12N6O3. The first kappa shape index (κ1) is 13.3. The van der Waals surface area contributed by atoms with Crippen LogP contribution < -0.4 is 16.6 Å². The Labute approximate surface area is 112 Å². The number of hydrogen-bond donors (Lipinski definition) is 4. The predicted octanol–water partition coefficient (Wildman–Crippen LogP) is -0.545. The number of nitrogens with two attached hydrogens (primary N) is 1. The molecule has 0 atom stereocenters. The SMILES string of the molecule is Cn1ncc(/C(N)=N/O)c1NC(=O)c1cccc(=O)[nH]1. The molecule has 0 aliphatic carbocycles. The van der Waals surface area contributed by atoms with Gasteiger partial charge in [0, 0.05) is 13.1 Å². The van der Waals surface area contributed by atoms with Crippen molar-refractivity contribution < 1.29 is 10.0 Å². The first-order valence-corrected chi connectivity index (χ1v) is 5.53. The zero-order valence-corrected chi connectivity index (χ0v) is 10.5. The first-order chi connectivity index (χ1) is 9.52. The molecule has 0 aliphatic heterocycles. The number of aromatic nitrogens is 3. The summed E-state index contributed by atoms with van der Waals surface area (Å²) in [7, 11) is 1.58. The second kappa shape index (κ2) is 5.26. The van der Waals surface area contributed by atoms with Crippen molar-refractivity contribution in [1.29, 1.82) is 0 Å². The average Bonchev–Trinajstić information content (AvgIpc) is 2.79. The van der Waals surface area contributed by atoms with Crippen molar-refractivity contribution in [2.45, 2.75) is 0 Å². The molecular weight excluding hydrogens is 264 g/mol. The molecule has 0 aliphatic rings. The maximum Gasteiger partial charge on any atom is 0.273 e. The van der Waals surface area contributed by atoms with Gasteiger partial charge in [-0.25, -0.2) is 0 Å². The van der Waals surface area contributed by atoms with Crippen molar-refractivity contribution in [3.8, 4) is 0 Å². The van der Waals surface area contributed by atoms with Gasteiger partial charge in [-0.15, -0.1) is 0 Å². The summed E-state index contributed by atoms with van der Waals surface area (Å²) in [5.74, 6) is -0.483. The zero-order valence-electron chi connectivity index (χ0n) is 10.5. The van der Waals surface area contributed by atoms with E-state index in [0.717, 1.165) is 0 Å². The quantitative estimate of drug-likeness (QED) is 0.258. The second-order valence-corrected chi connectivity index (χ2v) is 3.90. The van der Waals surface area contributed by atoms with Crippen LogP contribution in [-0.4, -0.2) is 31.7 Å². The van der Waals surface area contributed by atoms with Gasteiger partial charge in [-0.05, 0) is 6.07 Å². The number of amides is 1. The number of anilines is 1. The summed E-state index contributed by atoms with van der Waals surface area (Å²) >= 11 is 0. The smallest absolute Gasteiger partial charge is 0.273 e. The highest BCUT2D eigenvalue weighted by molar-refractivity contribution is 6.08. The van der Waals surface area contributed by atoms with Crippen LogP contribution >= 0.6 is 0 Å². The van der Waals surface area contributed by atoms with E-state index in [1.54, 1.807) is 7.05 Å². The molecule has 2 rings (SSSR count). The molecule has 0 unspecified atom stereocenters. The highest BCUT2D eigenvalue weighted by Gasteiger charge is 2.16. The first-order valence-electron chi connectivity index (χ1n) is 5.53. The number of pyridine rings is 1. The Hall–Kier alpha value is -3.10. The number of oxime groups is 1. The van der Waals surface area contributed by atoms with Crippen LogP contribution in [0.1, 0.15) is 16.1 Å². The van der Waals surface area contributed by atoms with Crippen LogP contribution in [0.2, 0.25) is 0 Å². The maximum atomic E-state index is 12.0. The topological polar surface area (TPSA) is 138 Å². The molecule has 0 saturated heterocycles. The van der Waals surface area contributed by atoms with E-state index in [0.29, 0.717) is 0 Å². The van der Waals surface area contributed by atoms with Crippen LogP contribution in [0.4, 0.5) is 5.82 Å². The summed E-state index contributed by atoms with van der Waals surface area (Å²) in [6.45, 7) is 0. The van der Waals surface area contributed by atoms with Crippen molar-refractivity contribution >= 4 is 17.6 Å². The molecule has 5 N–H and O–H groups in total. The predicted molar refractivity (Wildman–Crippen MR) is 70.7 cm³/mol. The van der Waals surface area contributed by atoms with Gasteiger partial charge in [0.25, 0.3) is 5.91 Å². The normalized spacial score (nSPS) is 11.3. The molecule has 9 heteroatoms. The van der Waals surface area contributed by atoms with Crippen LogP contribution in [-0.2, 0) is 7.05 Å². The third-order valence-corrected chi connectivity index (χ3v) is 2.57. The summed E-state index contributed by atoms with van der Waals surface area (Å²) in [5.41, 5.74) is 5.45. The lowest BCUT2D eigenvalue weighted by Crippen LogP contribution is -2.22. The lowest BCUT2D eigenvalue weighted by Gasteiger charge is -2.07. The summed E-state index contributed by atoms with van der Waals surface area (Å²) in [5, 5.41) is 18.0. The summed E-state index contributed by atoms with van der Waals surface area (Å²) in [6, 6.07) is 4.21. The maximum absolute atomic E-state index is 12.0. The minimum Gasteiger partial charge on any atom is -0.409 e. The minimum atomic E-state index is -0.543. The molecule has 0 spiro atoms. The standard InChI is InChI=1S/C11H12N6O3/c1-17-10(6(5-13-17)9(12)16-20)15-11(19)7-3-2-4-8(18)14-7/h2-5,20H,1H3,(H2,12,16)(H,14,18)(H,15,19). The monoisotopic (exact) mass is 276 g/mol. The van der Waals surface area contributed by atoms with E-state index in [1.807, 2.05) is 0 Å². The summed E-state index contributed by atoms with van der Waals surface area (Å²) in [6.07, 6.45) is 1.35. The van der Waals surface area contributed by atoms with Gasteiger partial charge in [-0.3, -0.25) is 14.3 Å². The number of carbonyl (C=O) groups excluding carboxylic acids is 1. The highest BCUT2D eigenvalue weighted by Crippen LogP contribution is 2.14. The molecule has 0 saturated carbocycles. The van der Waals surface area contributed by atoms with E-state index in [-0.39, 0.29) is 28.5 Å². The fraction of sp³-hybridized carbons (Fsp3) is 0.0909. The largest absolute Gasteiger partial charge is 0.409 e. The number of hydrogen-bond acceptors (Lipinski definition) is 5. The van der Waals surface area contributed by atoms with Crippen molar-refractivity contribution in [3.63, 3.8) is 0 Å². The van der Waals surface area contributed by atoms with Gasteiger partial charge in [0.2, 0.25) is 5.56 Å². The molecule has 0 aromatic carbocycles. The minimum absolute atomic E-state index is 0.0872. The Morgan fingerprint density at radius 2 is 2.30 bits per heavy atom. The van der Waals surface area contributed by atoms with Crippen molar-refractivity contribution in [2.24, 2.45) is 17.9 Å². The van der Waals surface area contributed by atoms with E-state index >= 15 is 0 Å². The molecule has 9 nitrogen and oxygen atoms in total. The van der Waals surface area contributed by atoms with Crippen molar-refractivity contribution in [3.05, 3.63) is 46.0 Å². The Morgan fingerprint density at radius 1 is 1.55 bits per heavy atom. The van der Waals surface area contributed by atoms with E-state index in [4.69, 9.17) is 10.9 Å². The van der Waals surface area contributed by atoms with Crippen LogP contribution in [0.15, 0.2) is 34.3 Å². The fourth-order valence-electron chi connectivity index (χ4n) is 1.58. The van der Waals surface area contributed by atoms with Gasteiger partial charge in [0.15, 0.2) is 5.84 Å². The van der Waals surface area contributed by atoms with Crippen LogP contribution in [0, 0.1) is 0 Å². The van der Waals surface area contributed by atoms with Crippen LogP contribution in [0.25, 0.3) is 0 Å². The molecule has 2 heterocycles. The van der Waals surface area contributed by atoms with Gasteiger partial charge in [0.05, 0.1) is 11.8 Å². The number of aryl methyl sites for hydroxylation is 1. The van der Waals surface area contributed by atoms with Crippen molar-refractivity contribution in [2.75, 3.05) is 5.32 Å². The van der Waals surface area contributed by atoms with Crippen LogP contribution in [0.3, 0.4) is 0 Å². The number of aromatic amines is 1. The number of nitrogens with zero attached hydrogens (tertiary/aromatic N) is 3. The van der Waals surface area contributed by atoms with Gasteiger partial charge in [0.1, 0.15) is 11.5 Å². The molecule has 104 valence electrons. The van der Waals surface area contributed by atoms with Gasteiger partial charge >= 0.3 is 0 Å². The van der Waals surface area contributed by atoms with E-state index in [2.05, 4.69) is 20.6 Å². The Bertz CT molecular complexity index is 730. The van der Waals surface area contributed by atoms with Crippen molar-refractivity contribution in [1.82, 2.24) is 14.8 Å². The average molecular weight is 276 g/mol. The number of H-pyrrole nitrogens is 1. The highest BCUT2D eigenvalue weighted by atomic mass is 16.4. The number of nitrogens with one attached hydrogen (secondary N) is 2. The summed E-state index contributed by atoms with van der Waals surface area (Å²) in [4.78, 5) is 25.6. The third kappa shape index (κ3) is 2.51. The second-order valence-electron chi connectivity index (χ2n) is 3.90. The Kier molecular flexibility index (Phi) is 3.51. The lowest BCUT2D eigenvalue weighted by molar-refractivity contribution is 0.102. The van der Waals surface area contributed by atoms with Gasteiger partial charge in [-0.2, -0.15) is 5.10 Å². The number of amidine groups is 1. The Balaban J connectivity index is 2.33. The summed E-state index contributed by atoms with van der Waals surface area (Å²) < 4.78 is 1.35. The van der Waals surface area contributed by atoms with Crippen LogP contribution in [0.5, 0.6) is 0 Å². The molecule has 0 fully saturated rings. The molecule has 20 heavy (non-hydrogen) atoms. The molecule has 0 radical (unpaired) electrons. The molecule has 2 aromatic rings.